The number of hydrogen-bond acceptors (Lipinski definition) is 4. The molecule has 1 unspecified atom stereocenters. The van der Waals surface area contributed by atoms with E-state index in [4.69, 9.17) is 4.98 Å². The average Bonchev–Trinajstić information content (AvgIpc) is 3.30. The molecule has 4 nitrogen and oxygen atoms in total. The molecule has 1 N–H and O–H groups in total. The first kappa shape index (κ1) is 23.6. The van der Waals surface area contributed by atoms with Gasteiger partial charge in [-0.3, -0.25) is 9.36 Å². The van der Waals surface area contributed by atoms with Crippen LogP contribution in [0.1, 0.15) is 60.9 Å². The molecule has 0 spiro atoms. The summed E-state index contributed by atoms with van der Waals surface area (Å²) in [5, 5.41) is 4.69. The first-order valence-electron chi connectivity index (χ1n) is 13.6. The summed E-state index contributed by atoms with van der Waals surface area (Å²) in [4.78, 5) is 20.6. The highest BCUT2D eigenvalue weighted by Gasteiger charge is 2.25. The molecule has 2 aliphatic rings. The summed E-state index contributed by atoms with van der Waals surface area (Å²) in [5.74, 6) is 0.922. The summed E-state index contributed by atoms with van der Waals surface area (Å²) in [5.41, 5.74) is 4.83. The van der Waals surface area contributed by atoms with Gasteiger partial charge in [-0.25, -0.2) is 4.98 Å². The minimum atomic E-state index is 0.103. The molecule has 2 aromatic heterocycles. The van der Waals surface area contributed by atoms with Crippen molar-refractivity contribution >= 4 is 21.6 Å². The van der Waals surface area contributed by atoms with Crippen molar-refractivity contribution in [3.8, 4) is 11.1 Å². The lowest BCUT2D eigenvalue weighted by Gasteiger charge is -2.26. The van der Waals surface area contributed by atoms with Gasteiger partial charge in [0.05, 0.1) is 18.3 Å². The van der Waals surface area contributed by atoms with Crippen LogP contribution in [0.15, 0.2) is 65.7 Å². The molecule has 0 aliphatic heterocycles. The fraction of sp³-hybridized carbons (Fsp3) is 0.419. The molecular formula is C31H35N3OS. The third-order valence-corrected chi connectivity index (χ3v) is 9.30. The van der Waals surface area contributed by atoms with E-state index in [1.807, 2.05) is 6.07 Å². The quantitative estimate of drug-likeness (QED) is 0.313. The van der Waals surface area contributed by atoms with Crippen molar-refractivity contribution in [2.24, 2.45) is 5.92 Å². The lowest BCUT2D eigenvalue weighted by atomic mass is 9.87. The summed E-state index contributed by atoms with van der Waals surface area (Å²) in [6.07, 6.45) is 13.3. The van der Waals surface area contributed by atoms with Crippen LogP contribution in [0.2, 0.25) is 0 Å². The largest absolute Gasteiger partial charge is 0.314 e. The van der Waals surface area contributed by atoms with Gasteiger partial charge in [0.2, 0.25) is 0 Å². The van der Waals surface area contributed by atoms with E-state index < -0.39 is 0 Å². The van der Waals surface area contributed by atoms with Crippen molar-refractivity contribution in [3.05, 3.63) is 87.3 Å². The highest BCUT2D eigenvalue weighted by molar-refractivity contribution is 7.18. The summed E-state index contributed by atoms with van der Waals surface area (Å²) in [7, 11) is 0. The summed E-state index contributed by atoms with van der Waals surface area (Å²) in [6.45, 7) is 1.67. The maximum Gasteiger partial charge on any atom is 0.262 e. The van der Waals surface area contributed by atoms with E-state index in [0.717, 1.165) is 47.5 Å². The summed E-state index contributed by atoms with van der Waals surface area (Å²) < 4.78 is 1.79. The molecule has 2 aromatic carbocycles. The number of aromatic nitrogens is 2. The van der Waals surface area contributed by atoms with Crippen molar-refractivity contribution in [2.75, 3.05) is 6.54 Å². The van der Waals surface area contributed by atoms with Gasteiger partial charge in [0.15, 0.2) is 0 Å². The molecular weight excluding hydrogens is 462 g/mol. The molecule has 6 rings (SSSR count). The zero-order chi connectivity index (χ0) is 24.3. The van der Waals surface area contributed by atoms with Crippen LogP contribution in [0.25, 0.3) is 21.3 Å². The Morgan fingerprint density at radius 3 is 2.67 bits per heavy atom. The van der Waals surface area contributed by atoms with Crippen LogP contribution in [0.3, 0.4) is 0 Å². The SMILES string of the molecule is O=c1c2c3c(sc2ncn1Cc1cccc(-c2ccccc2)c1)CC(NCCC1CCCCC1)CC3. The van der Waals surface area contributed by atoms with Crippen molar-refractivity contribution in [3.63, 3.8) is 0 Å². The number of nitrogens with zero attached hydrogens (tertiary/aromatic N) is 2. The smallest absolute Gasteiger partial charge is 0.262 e. The van der Waals surface area contributed by atoms with Crippen molar-refractivity contribution in [1.29, 1.82) is 0 Å². The van der Waals surface area contributed by atoms with Crippen LogP contribution in [0, 0.1) is 5.92 Å². The second kappa shape index (κ2) is 10.7. The van der Waals surface area contributed by atoms with E-state index >= 15 is 0 Å². The lowest BCUT2D eigenvalue weighted by molar-refractivity contribution is 0.324. The van der Waals surface area contributed by atoms with Crippen LogP contribution < -0.4 is 10.9 Å². The van der Waals surface area contributed by atoms with E-state index in [0.29, 0.717) is 12.6 Å². The van der Waals surface area contributed by atoms with Gasteiger partial charge in [0, 0.05) is 10.9 Å². The number of nitrogens with one attached hydrogen (secondary N) is 1. The zero-order valence-corrected chi connectivity index (χ0v) is 21.7. The number of hydrogen-bond donors (Lipinski definition) is 1. The van der Waals surface area contributed by atoms with Gasteiger partial charge in [0.1, 0.15) is 4.83 Å². The van der Waals surface area contributed by atoms with Crippen LogP contribution in [0.5, 0.6) is 0 Å². The van der Waals surface area contributed by atoms with E-state index in [-0.39, 0.29) is 5.56 Å². The molecule has 2 aliphatic carbocycles. The Labute approximate surface area is 217 Å². The molecule has 0 saturated heterocycles. The van der Waals surface area contributed by atoms with Crippen molar-refractivity contribution in [2.45, 2.75) is 70.4 Å². The second-order valence-corrected chi connectivity index (χ2v) is 11.7. The Morgan fingerprint density at radius 1 is 0.972 bits per heavy atom. The molecule has 4 aromatic rings. The molecule has 1 fully saturated rings. The van der Waals surface area contributed by atoms with E-state index in [2.05, 4.69) is 53.8 Å². The Balaban J connectivity index is 1.17. The van der Waals surface area contributed by atoms with Gasteiger partial charge in [-0.05, 0) is 66.5 Å². The third-order valence-electron chi connectivity index (χ3n) is 8.13. The first-order valence-corrected chi connectivity index (χ1v) is 14.4. The standard InChI is InChI=1S/C31H35N3OS/c35-31-29-27-15-14-26(32-17-16-22-8-3-1-4-9-22)19-28(27)36-30(29)33-21-34(31)20-23-10-7-13-25(18-23)24-11-5-2-6-12-24/h2,5-7,10-13,18,21-22,26,32H,1,3-4,8-9,14-17,19-20H2. The average molecular weight is 498 g/mol. The Bertz CT molecular complexity index is 1380. The van der Waals surface area contributed by atoms with Crippen LogP contribution >= 0.6 is 11.3 Å². The molecule has 0 radical (unpaired) electrons. The predicted octanol–water partition coefficient (Wildman–Crippen LogP) is 6.59. The Morgan fingerprint density at radius 2 is 1.81 bits per heavy atom. The number of aryl methyl sites for hydroxylation is 1. The number of fused-ring (bicyclic) bond motifs is 3. The Kier molecular flexibility index (Phi) is 7.02. The van der Waals surface area contributed by atoms with Crippen LogP contribution in [0.4, 0.5) is 0 Å². The third kappa shape index (κ3) is 5.05. The summed E-state index contributed by atoms with van der Waals surface area (Å²) >= 11 is 1.73. The van der Waals surface area contributed by atoms with Crippen LogP contribution in [-0.4, -0.2) is 22.1 Å². The fourth-order valence-corrected chi connectivity index (χ4v) is 7.39. The van der Waals surface area contributed by atoms with Gasteiger partial charge in [-0.1, -0.05) is 80.6 Å². The fourth-order valence-electron chi connectivity index (χ4n) is 6.13. The van der Waals surface area contributed by atoms with Gasteiger partial charge in [0.25, 0.3) is 5.56 Å². The minimum absolute atomic E-state index is 0.103. The molecule has 1 atom stereocenters. The van der Waals surface area contributed by atoms with Crippen molar-refractivity contribution < 1.29 is 0 Å². The van der Waals surface area contributed by atoms with Gasteiger partial charge >= 0.3 is 0 Å². The molecule has 36 heavy (non-hydrogen) atoms. The maximum absolute atomic E-state index is 13.6. The molecule has 0 bridgehead atoms. The molecule has 5 heteroatoms. The second-order valence-electron chi connectivity index (χ2n) is 10.6. The number of thiophene rings is 1. The minimum Gasteiger partial charge on any atom is -0.314 e. The first-order chi connectivity index (χ1) is 17.7. The van der Waals surface area contributed by atoms with E-state index in [9.17, 15) is 4.79 Å². The van der Waals surface area contributed by atoms with Gasteiger partial charge in [-0.2, -0.15) is 0 Å². The predicted molar refractivity (Wildman–Crippen MR) is 150 cm³/mol. The molecule has 0 amide bonds. The van der Waals surface area contributed by atoms with E-state index in [1.165, 1.54) is 60.1 Å². The Hall–Kier alpha value is -2.76. The number of benzene rings is 2. The van der Waals surface area contributed by atoms with Gasteiger partial charge in [-0.15, -0.1) is 11.3 Å². The maximum atomic E-state index is 13.6. The summed E-state index contributed by atoms with van der Waals surface area (Å²) in [6, 6.07) is 19.4. The topological polar surface area (TPSA) is 46.9 Å². The molecule has 2 heterocycles. The normalized spacial score (nSPS) is 18.4. The van der Waals surface area contributed by atoms with Crippen LogP contribution in [-0.2, 0) is 19.4 Å². The highest BCUT2D eigenvalue weighted by Crippen LogP contribution is 2.34. The molecule has 186 valence electrons. The van der Waals surface area contributed by atoms with Gasteiger partial charge < -0.3 is 5.32 Å². The highest BCUT2D eigenvalue weighted by atomic mass is 32.1. The van der Waals surface area contributed by atoms with E-state index in [1.54, 1.807) is 22.2 Å². The monoisotopic (exact) mass is 497 g/mol. The lowest BCUT2D eigenvalue weighted by Crippen LogP contribution is -2.35. The zero-order valence-electron chi connectivity index (χ0n) is 20.9. The van der Waals surface area contributed by atoms with Crippen molar-refractivity contribution in [1.82, 2.24) is 14.9 Å². The molecule has 1 saturated carbocycles. The number of rotatable bonds is 7.